The molecule has 0 bridgehead atoms. The zero-order chi connectivity index (χ0) is 11.5. The fraction of sp³-hybridized carbons (Fsp3) is 0.571. The third-order valence-corrected chi connectivity index (χ3v) is 3.48. The maximum absolute atomic E-state index is 6.10. The highest BCUT2D eigenvalue weighted by atomic mass is 16.5. The minimum absolute atomic E-state index is 0.217. The van der Waals surface area contributed by atoms with Crippen molar-refractivity contribution in [1.82, 2.24) is 5.32 Å². The molecule has 0 saturated carbocycles. The van der Waals surface area contributed by atoms with E-state index in [1.54, 1.807) is 0 Å². The van der Waals surface area contributed by atoms with Crippen LogP contribution in [0.4, 0.5) is 0 Å². The van der Waals surface area contributed by atoms with Crippen LogP contribution in [0.5, 0.6) is 5.75 Å². The maximum Gasteiger partial charge on any atom is 0.122 e. The number of hydrogen-bond acceptors (Lipinski definition) is 3. The second-order valence-electron chi connectivity index (χ2n) is 4.85. The molecule has 0 aliphatic carbocycles. The van der Waals surface area contributed by atoms with Crippen LogP contribution >= 0.6 is 0 Å². The lowest BCUT2D eigenvalue weighted by Gasteiger charge is -2.31. The van der Waals surface area contributed by atoms with Crippen molar-refractivity contribution < 1.29 is 9.47 Å². The molecule has 0 aromatic heterocycles. The van der Waals surface area contributed by atoms with E-state index in [0.29, 0.717) is 12.7 Å². The Hall–Kier alpha value is -1.06. The summed E-state index contributed by atoms with van der Waals surface area (Å²) in [6.07, 6.45) is 3.95. The summed E-state index contributed by atoms with van der Waals surface area (Å²) in [4.78, 5) is 0. The van der Waals surface area contributed by atoms with Crippen LogP contribution in [0.25, 0.3) is 0 Å². The summed E-state index contributed by atoms with van der Waals surface area (Å²) in [5.41, 5.74) is 1.27. The van der Waals surface area contributed by atoms with E-state index in [0.717, 1.165) is 25.3 Å². The molecular weight excluding hydrogens is 214 g/mol. The normalized spacial score (nSPS) is 28.2. The van der Waals surface area contributed by atoms with Gasteiger partial charge in [-0.05, 0) is 31.0 Å². The van der Waals surface area contributed by atoms with E-state index in [1.807, 2.05) is 12.1 Å². The molecule has 17 heavy (non-hydrogen) atoms. The fourth-order valence-corrected chi connectivity index (χ4v) is 2.60. The lowest BCUT2D eigenvalue weighted by atomic mass is 10.0. The molecule has 2 aliphatic rings. The fourth-order valence-electron chi connectivity index (χ4n) is 2.60. The zero-order valence-electron chi connectivity index (χ0n) is 10.0. The Morgan fingerprint density at radius 3 is 3.06 bits per heavy atom. The first-order valence-electron chi connectivity index (χ1n) is 6.49. The largest absolute Gasteiger partial charge is 0.491 e. The molecule has 3 nitrogen and oxygen atoms in total. The lowest BCUT2D eigenvalue weighted by Crippen LogP contribution is -2.40. The minimum atomic E-state index is 0.217. The van der Waals surface area contributed by atoms with Crippen molar-refractivity contribution in [2.45, 2.75) is 31.5 Å². The van der Waals surface area contributed by atoms with Gasteiger partial charge in [-0.25, -0.2) is 0 Å². The Balaban J connectivity index is 1.60. The van der Waals surface area contributed by atoms with E-state index in [9.17, 15) is 0 Å². The molecule has 1 aromatic carbocycles. The highest BCUT2D eigenvalue weighted by Gasteiger charge is 2.24. The van der Waals surface area contributed by atoms with E-state index < -0.39 is 0 Å². The molecule has 2 unspecified atom stereocenters. The van der Waals surface area contributed by atoms with Crippen LogP contribution < -0.4 is 10.1 Å². The van der Waals surface area contributed by atoms with Crippen molar-refractivity contribution in [1.29, 1.82) is 0 Å². The molecule has 2 aliphatic heterocycles. The Morgan fingerprint density at radius 2 is 2.18 bits per heavy atom. The number of nitrogens with one attached hydrogen (secondary N) is 1. The van der Waals surface area contributed by atoms with E-state index in [-0.39, 0.29) is 6.10 Å². The van der Waals surface area contributed by atoms with E-state index in [2.05, 4.69) is 17.4 Å². The van der Waals surface area contributed by atoms with Crippen molar-refractivity contribution in [3.63, 3.8) is 0 Å². The van der Waals surface area contributed by atoms with Crippen LogP contribution in [-0.4, -0.2) is 31.9 Å². The third kappa shape index (κ3) is 2.61. The quantitative estimate of drug-likeness (QED) is 0.844. The number of ether oxygens (including phenoxy) is 2. The molecule has 1 fully saturated rings. The Kier molecular flexibility index (Phi) is 3.29. The Morgan fingerprint density at radius 1 is 1.24 bits per heavy atom. The van der Waals surface area contributed by atoms with Crippen molar-refractivity contribution >= 4 is 0 Å². The Labute approximate surface area is 102 Å². The molecule has 1 aromatic rings. The number of hydrogen-bond donors (Lipinski definition) is 1. The molecule has 1 saturated heterocycles. The molecule has 3 rings (SSSR count). The van der Waals surface area contributed by atoms with E-state index >= 15 is 0 Å². The first kappa shape index (κ1) is 11.1. The summed E-state index contributed by atoms with van der Waals surface area (Å²) in [6, 6.07) is 8.25. The standard InChI is InChI=1S/C14H19NO2/c1-2-6-14-11(4-1)8-13(10-16-14)17-12-5-3-7-15-9-12/h1-2,4,6,12-13,15H,3,5,7-10H2. The van der Waals surface area contributed by atoms with Crippen molar-refractivity contribution in [3.8, 4) is 5.75 Å². The number of para-hydroxylation sites is 1. The molecule has 0 amide bonds. The van der Waals surface area contributed by atoms with E-state index in [1.165, 1.54) is 18.4 Å². The molecule has 3 heteroatoms. The van der Waals surface area contributed by atoms with Crippen LogP contribution in [0, 0.1) is 0 Å². The summed E-state index contributed by atoms with van der Waals surface area (Å²) >= 11 is 0. The number of fused-ring (bicyclic) bond motifs is 1. The van der Waals surface area contributed by atoms with Crippen LogP contribution in [0.3, 0.4) is 0 Å². The number of benzene rings is 1. The van der Waals surface area contributed by atoms with Crippen LogP contribution in [0.2, 0.25) is 0 Å². The van der Waals surface area contributed by atoms with Gasteiger partial charge in [0.25, 0.3) is 0 Å². The average molecular weight is 233 g/mol. The first-order valence-corrected chi connectivity index (χ1v) is 6.49. The van der Waals surface area contributed by atoms with Gasteiger partial charge in [-0.1, -0.05) is 18.2 Å². The molecule has 2 heterocycles. The molecule has 2 atom stereocenters. The molecule has 92 valence electrons. The van der Waals surface area contributed by atoms with Crippen molar-refractivity contribution in [3.05, 3.63) is 29.8 Å². The predicted octanol–water partition coefficient (Wildman–Crippen LogP) is 1.76. The first-order chi connectivity index (χ1) is 8.42. The highest BCUT2D eigenvalue weighted by molar-refractivity contribution is 5.35. The van der Waals surface area contributed by atoms with Gasteiger partial charge in [0.15, 0.2) is 0 Å². The molecular formula is C14H19NO2. The van der Waals surface area contributed by atoms with Gasteiger partial charge in [-0.3, -0.25) is 0 Å². The topological polar surface area (TPSA) is 30.5 Å². The summed E-state index contributed by atoms with van der Waals surface area (Å²) in [6.45, 7) is 2.80. The summed E-state index contributed by atoms with van der Waals surface area (Å²) in [5.74, 6) is 1.02. The number of piperidine rings is 1. The molecule has 0 spiro atoms. The van der Waals surface area contributed by atoms with Crippen LogP contribution in [-0.2, 0) is 11.2 Å². The maximum atomic E-state index is 6.10. The smallest absolute Gasteiger partial charge is 0.122 e. The van der Waals surface area contributed by atoms with Gasteiger partial charge in [-0.2, -0.15) is 0 Å². The Bertz CT molecular complexity index is 374. The number of rotatable bonds is 2. The average Bonchev–Trinajstić information content (AvgIpc) is 2.40. The molecule has 1 N–H and O–H groups in total. The van der Waals surface area contributed by atoms with Gasteiger partial charge >= 0.3 is 0 Å². The van der Waals surface area contributed by atoms with Gasteiger partial charge in [0.2, 0.25) is 0 Å². The molecule has 0 radical (unpaired) electrons. The predicted molar refractivity (Wildman–Crippen MR) is 66.4 cm³/mol. The van der Waals surface area contributed by atoms with Gasteiger partial charge in [0, 0.05) is 13.0 Å². The summed E-state index contributed by atoms with van der Waals surface area (Å²) in [5, 5.41) is 3.38. The van der Waals surface area contributed by atoms with Crippen molar-refractivity contribution in [2.24, 2.45) is 0 Å². The van der Waals surface area contributed by atoms with Gasteiger partial charge < -0.3 is 14.8 Å². The van der Waals surface area contributed by atoms with Crippen molar-refractivity contribution in [2.75, 3.05) is 19.7 Å². The van der Waals surface area contributed by atoms with Crippen LogP contribution in [0.1, 0.15) is 18.4 Å². The van der Waals surface area contributed by atoms with Gasteiger partial charge in [-0.15, -0.1) is 0 Å². The second-order valence-corrected chi connectivity index (χ2v) is 4.85. The monoisotopic (exact) mass is 233 g/mol. The second kappa shape index (κ2) is 5.07. The summed E-state index contributed by atoms with van der Waals surface area (Å²) < 4.78 is 11.8. The zero-order valence-corrected chi connectivity index (χ0v) is 10.0. The van der Waals surface area contributed by atoms with Gasteiger partial charge in [0.05, 0.1) is 12.2 Å². The lowest BCUT2D eigenvalue weighted by molar-refractivity contribution is -0.0480. The van der Waals surface area contributed by atoms with Gasteiger partial charge in [0.1, 0.15) is 12.4 Å². The van der Waals surface area contributed by atoms with E-state index in [4.69, 9.17) is 9.47 Å². The highest BCUT2D eigenvalue weighted by Crippen LogP contribution is 2.26. The van der Waals surface area contributed by atoms with Crippen LogP contribution in [0.15, 0.2) is 24.3 Å². The minimum Gasteiger partial charge on any atom is -0.491 e. The SMILES string of the molecule is c1ccc2c(c1)CC(OC1CCCNC1)CO2. The summed E-state index contributed by atoms with van der Waals surface area (Å²) in [7, 11) is 0. The third-order valence-electron chi connectivity index (χ3n) is 3.48.